The number of ether oxygens (including phenoxy) is 1. The van der Waals surface area contributed by atoms with E-state index < -0.39 is 18.3 Å². The third-order valence-corrected chi connectivity index (χ3v) is 2.51. The Morgan fingerprint density at radius 2 is 1.89 bits per heavy atom. The second kappa shape index (κ2) is 6.11. The molecular formula is C12H16BF4O-. The van der Waals surface area contributed by atoms with Crippen molar-refractivity contribution in [1.29, 1.82) is 0 Å². The maximum Gasteiger partial charge on any atom is 0.513 e. The number of hydrogen-bond acceptors (Lipinski definition) is 1. The first-order valence-corrected chi connectivity index (χ1v) is 5.93. The van der Waals surface area contributed by atoms with Gasteiger partial charge in [0.05, 0.1) is 12.4 Å². The Labute approximate surface area is 104 Å². The predicted octanol–water partition coefficient (Wildman–Crippen LogP) is 3.70. The van der Waals surface area contributed by atoms with Crippen molar-refractivity contribution in [2.24, 2.45) is 5.92 Å². The monoisotopic (exact) mass is 263 g/mol. The Balaban J connectivity index is 2.70. The summed E-state index contributed by atoms with van der Waals surface area (Å²) in [5.41, 5.74) is -1.00. The van der Waals surface area contributed by atoms with Crippen LogP contribution in [0.5, 0.6) is 5.75 Å². The summed E-state index contributed by atoms with van der Waals surface area (Å²) >= 11 is 0. The third kappa shape index (κ3) is 4.59. The average molecular weight is 263 g/mol. The molecule has 102 valence electrons. The lowest BCUT2D eigenvalue weighted by Crippen LogP contribution is -2.35. The molecule has 0 saturated carbocycles. The zero-order chi connectivity index (χ0) is 13.8. The van der Waals surface area contributed by atoms with Gasteiger partial charge >= 0.3 is 6.98 Å². The maximum atomic E-state index is 12.8. The predicted molar refractivity (Wildman–Crippen MR) is 64.7 cm³/mol. The molecule has 0 aliphatic rings. The first-order chi connectivity index (χ1) is 8.30. The van der Waals surface area contributed by atoms with Crippen molar-refractivity contribution in [3.8, 4) is 5.75 Å². The minimum absolute atomic E-state index is 0.211. The van der Waals surface area contributed by atoms with Gasteiger partial charge in [-0.05, 0) is 37.0 Å². The van der Waals surface area contributed by atoms with E-state index in [0.717, 1.165) is 18.6 Å². The molecule has 0 aromatic heterocycles. The molecular weight excluding hydrogens is 247 g/mol. The van der Waals surface area contributed by atoms with Gasteiger partial charge in [0.25, 0.3) is 0 Å². The first-order valence-electron chi connectivity index (χ1n) is 5.93. The van der Waals surface area contributed by atoms with Crippen molar-refractivity contribution >= 4 is 12.4 Å². The van der Waals surface area contributed by atoms with Crippen molar-refractivity contribution in [3.63, 3.8) is 0 Å². The van der Waals surface area contributed by atoms with Crippen LogP contribution in [0, 0.1) is 11.7 Å². The Morgan fingerprint density at radius 1 is 1.22 bits per heavy atom. The molecule has 0 unspecified atom stereocenters. The van der Waals surface area contributed by atoms with Gasteiger partial charge in [-0.2, -0.15) is 0 Å². The van der Waals surface area contributed by atoms with Crippen molar-refractivity contribution in [3.05, 3.63) is 24.0 Å². The fourth-order valence-corrected chi connectivity index (χ4v) is 1.58. The molecule has 0 radical (unpaired) electrons. The minimum Gasteiger partial charge on any atom is -0.497 e. The second-order valence-corrected chi connectivity index (χ2v) is 4.64. The van der Waals surface area contributed by atoms with E-state index in [9.17, 15) is 17.3 Å². The summed E-state index contributed by atoms with van der Waals surface area (Å²) in [6.07, 6.45) is 1.56. The first kappa shape index (κ1) is 14.9. The summed E-state index contributed by atoms with van der Waals surface area (Å²) in [5.74, 6) is -0.709. The quantitative estimate of drug-likeness (QED) is 0.432. The molecule has 0 N–H and O–H groups in total. The van der Waals surface area contributed by atoms with Crippen LogP contribution in [0.25, 0.3) is 0 Å². The van der Waals surface area contributed by atoms with E-state index in [-0.39, 0.29) is 12.4 Å². The summed E-state index contributed by atoms with van der Waals surface area (Å²) < 4.78 is 56.0. The molecule has 1 aromatic carbocycles. The van der Waals surface area contributed by atoms with E-state index in [1.807, 2.05) is 13.8 Å². The number of rotatable bonds is 6. The van der Waals surface area contributed by atoms with E-state index in [0.29, 0.717) is 18.4 Å². The molecule has 0 fully saturated rings. The van der Waals surface area contributed by atoms with Crippen LogP contribution in [0.15, 0.2) is 18.2 Å². The van der Waals surface area contributed by atoms with Crippen LogP contribution in [-0.2, 0) is 0 Å². The summed E-state index contributed by atoms with van der Waals surface area (Å²) in [4.78, 5) is 0. The van der Waals surface area contributed by atoms with E-state index in [1.54, 1.807) is 0 Å². The molecule has 1 rings (SSSR count). The maximum absolute atomic E-state index is 12.8. The Morgan fingerprint density at radius 3 is 2.44 bits per heavy atom. The zero-order valence-electron chi connectivity index (χ0n) is 10.4. The smallest absolute Gasteiger partial charge is 0.497 e. The fraction of sp³-hybridized carbons (Fsp3) is 0.500. The molecule has 6 heteroatoms. The van der Waals surface area contributed by atoms with Gasteiger partial charge in [0.2, 0.25) is 0 Å². The molecule has 0 heterocycles. The van der Waals surface area contributed by atoms with Gasteiger partial charge in [0.15, 0.2) is 0 Å². The van der Waals surface area contributed by atoms with Crippen LogP contribution in [-0.4, -0.2) is 13.6 Å². The molecule has 0 spiro atoms. The van der Waals surface area contributed by atoms with Gasteiger partial charge in [-0.1, -0.05) is 19.3 Å². The van der Waals surface area contributed by atoms with Gasteiger partial charge in [0.1, 0.15) is 5.82 Å². The Kier molecular flexibility index (Phi) is 5.05. The number of halogens is 4. The van der Waals surface area contributed by atoms with Crippen LogP contribution in [0.4, 0.5) is 17.3 Å². The van der Waals surface area contributed by atoms with Crippen molar-refractivity contribution in [1.82, 2.24) is 0 Å². The van der Waals surface area contributed by atoms with Crippen LogP contribution < -0.4 is 10.2 Å². The lowest BCUT2D eigenvalue weighted by molar-refractivity contribution is 0.298. The molecule has 0 bridgehead atoms. The highest BCUT2D eigenvalue weighted by molar-refractivity contribution is 6.74. The number of benzene rings is 1. The van der Waals surface area contributed by atoms with Crippen molar-refractivity contribution in [2.75, 3.05) is 6.61 Å². The lowest BCUT2D eigenvalue weighted by atomic mass is 9.79. The fourth-order valence-electron chi connectivity index (χ4n) is 1.58. The van der Waals surface area contributed by atoms with Crippen molar-refractivity contribution in [2.45, 2.75) is 26.7 Å². The second-order valence-electron chi connectivity index (χ2n) is 4.64. The molecule has 1 aromatic rings. The van der Waals surface area contributed by atoms with Crippen LogP contribution >= 0.6 is 0 Å². The topological polar surface area (TPSA) is 9.23 Å². The summed E-state index contributed by atoms with van der Waals surface area (Å²) in [6, 6.07) is 2.50. The van der Waals surface area contributed by atoms with Gasteiger partial charge in [-0.3, -0.25) is 0 Å². The van der Waals surface area contributed by atoms with Crippen LogP contribution in [0.1, 0.15) is 26.7 Å². The highest BCUT2D eigenvalue weighted by atomic mass is 19.4. The van der Waals surface area contributed by atoms with E-state index in [4.69, 9.17) is 4.74 Å². The molecule has 1 nitrogen and oxygen atoms in total. The normalized spacial score (nSPS) is 11.9. The standard InChI is InChI=1S/C12H16BF4O/c1-9(2)4-3-7-18-12-6-5-10(14)8-11(12)13(15,16)17/h5-6,8-9H,3-4,7H2,1-2H3/q-1. The zero-order valence-corrected chi connectivity index (χ0v) is 10.4. The Bertz CT molecular complexity index is 390. The van der Waals surface area contributed by atoms with Gasteiger partial charge in [-0.25, -0.2) is 4.39 Å². The van der Waals surface area contributed by atoms with Gasteiger partial charge in [-0.15, -0.1) is 0 Å². The molecule has 0 amide bonds. The molecule has 0 aliphatic heterocycles. The summed E-state index contributed by atoms with van der Waals surface area (Å²) in [6.45, 7) is -0.985. The molecule has 18 heavy (non-hydrogen) atoms. The van der Waals surface area contributed by atoms with E-state index in [2.05, 4.69) is 0 Å². The largest absolute Gasteiger partial charge is 0.513 e. The van der Waals surface area contributed by atoms with Gasteiger partial charge in [0, 0.05) is 0 Å². The molecule has 0 saturated heterocycles. The van der Waals surface area contributed by atoms with Crippen molar-refractivity contribution < 1.29 is 22.1 Å². The SMILES string of the molecule is CC(C)CCCOc1ccc(F)cc1[B-](F)(F)F. The molecule has 0 atom stereocenters. The highest BCUT2D eigenvalue weighted by Crippen LogP contribution is 2.19. The summed E-state index contributed by atoms with van der Waals surface area (Å²) in [5, 5.41) is 0. The summed E-state index contributed by atoms with van der Waals surface area (Å²) in [7, 11) is 0. The van der Waals surface area contributed by atoms with E-state index >= 15 is 0 Å². The third-order valence-electron chi connectivity index (χ3n) is 2.51. The lowest BCUT2D eigenvalue weighted by Gasteiger charge is -2.20. The minimum atomic E-state index is -5.26. The Hall–Kier alpha value is -1.20. The average Bonchev–Trinajstić information content (AvgIpc) is 2.24. The number of hydrogen-bond donors (Lipinski definition) is 0. The van der Waals surface area contributed by atoms with E-state index in [1.165, 1.54) is 0 Å². The van der Waals surface area contributed by atoms with Gasteiger partial charge < -0.3 is 17.7 Å². The highest BCUT2D eigenvalue weighted by Gasteiger charge is 2.29. The van der Waals surface area contributed by atoms with Crippen LogP contribution in [0.3, 0.4) is 0 Å². The molecule has 0 aliphatic carbocycles. The van der Waals surface area contributed by atoms with Crippen LogP contribution in [0.2, 0.25) is 0 Å².